The lowest BCUT2D eigenvalue weighted by Crippen LogP contribution is -2.47. The fourth-order valence-corrected chi connectivity index (χ4v) is 4.26. The quantitative estimate of drug-likeness (QED) is 0.503. The molecule has 3 rings (SSSR count). The molecule has 1 saturated heterocycles. The van der Waals surface area contributed by atoms with Crippen LogP contribution in [0.2, 0.25) is 0 Å². The van der Waals surface area contributed by atoms with E-state index in [2.05, 4.69) is 10.3 Å². The Bertz CT molecular complexity index is 1030. The summed E-state index contributed by atoms with van der Waals surface area (Å²) in [5.41, 5.74) is 6.94. The standard InChI is InChI=1S/C24H33N5O6/c1-5-20(30)27-17(22(25)31)12-16-13-26-19(11-15-9-7-6-8-10-15)29(16)24(32)28-14-18(33-2)21(34-3)23(28)35-4/h6-10,13,17-18,21,23H,5,11-12,14H2,1-4H3,(H2,25,31)(H,27,30)/t17?,18?,21-,23-/m1/s1. The van der Waals surface area contributed by atoms with Gasteiger partial charge in [-0.15, -0.1) is 0 Å². The van der Waals surface area contributed by atoms with Gasteiger partial charge in [-0.3, -0.25) is 19.1 Å². The van der Waals surface area contributed by atoms with Gasteiger partial charge in [0, 0.05) is 52.5 Å². The average Bonchev–Trinajstić information content (AvgIpc) is 3.43. The van der Waals surface area contributed by atoms with Crippen molar-refractivity contribution >= 4 is 17.8 Å². The topological polar surface area (TPSA) is 138 Å². The monoisotopic (exact) mass is 487 g/mol. The summed E-state index contributed by atoms with van der Waals surface area (Å²) < 4.78 is 18.1. The Morgan fingerprint density at radius 1 is 1.14 bits per heavy atom. The number of methoxy groups -OCH3 is 3. The molecule has 1 aliphatic heterocycles. The molecule has 4 atom stereocenters. The van der Waals surface area contributed by atoms with Crippen LogP contribution in [0.1, 0.15) is 30.4 Å². The molecular weight excluding hydrogens is 454 g/mol. The number of nitrogens with two attached hydrogens (primary N) is 1. The summed E-state index contributed by atoms with van der Waals surface area (Å²) in [5, 5.41) is 2.62. The molecule has 2 unspecified atom stereocenters. The number of likely N-dealkylation sites (tertiary alicyclic amines) is 1. The van der Waals surface area contributed by atoms with E-state index < -0.39 is 30.3 Å². The normalized spacial score (nSPS) is 20.6. The van der Waals surface area contributed by atoms with Crippen LogP contribution < -0.4 is 11.1 Å². The minimum Gasteiger partial charge on any atom is -0.377 e. The fraction of sp³-hybridized carbons (Fsp3) is 0.500. The first-order valence-electron chi connectivity index (χ1n) is 11.4. The maximum absolute atomic E-state index is 13.9. The van der Waals surface area contributed by atoms with E-state index in [0.29, 0.717) is 17.9 Å². The second kappa shape index (κ2) is 11.9. The number of primary amides is 1. The van der Waals surface area contributed by atoms with Crippen LogP contribution in [0.3, 0.4) is 0 Å². The van der Waals surface area contributed by atoms with Crippen molar-refractivity contribution in [3.63, 3.8) is 0 Å². The molecule has 2 heterocycles. The zero-order valence-electron chi connectivity index (χ0n) is 20.5. The largest absolute Gasteiger partial charge is 0.377 e. The van der Waals surface area contributed by atoms with E-state index >= 15 is 0 Å². The zero-order chi connectivity index (χ0) is 25.5. The number of aromatic nitrogens is 2. The smallest absolute Gasteiger partial charge is 0.332 e. The molecule has 2 aromatic rings. The number of ether oxygens (including phenoxy) is 3. The number of benzene rings is 1. The van der Waals surface area contributed by atoms with Gasteiger partial charge in [0.05, 0.1) is 6.54 Å². The lowest BCUT2D eigenvalue weighted by Gasteiger charge is -2.27. The molecule has 1 aromatic heterocycles. The van der Waals surface area contributed by atoms with Gasteiger partial charge < -0.3 is 25.3 Å². The molecule has 1 fully saturated rings. The first kappa shape index (κ1) is 26.3. The van der Waals surface area contributed by atoms with Gasteiger partial charge >= 0.3 is 6.03 Å². The van der Waals surface area contributed by atoms with E-state index in [1.807, 2.05) is 30.3 Å². The summed E-state index contributed by atoms with van der Waals surface area (Å²) >= 11 is 0. The third-order valence-corrected chi connectivity index (χ3v) is 6.11. The SMILES string of the molecule is CCC(=O)NC(Cc1cnc(Cc2ccccc2)n1C(=O)N1CC(OC)[C@@H](OC)[C@H]1OC)C(N)=O. The van der Waals surface area contributed by atoms with Crippen molar-refractivity contribution in [2.75, 3.05) is 27.9 Å². The molecule has 3 N–H and O–H groups in total. The highest BCUT2D eigenvalue weighted by Gasteiger charge is 2.46. The lowest BCUT2D eigenvalue weighted by atomic mass is 10.1. The molecule has 0 bridgehead atoms. The number of hydrogen-bond donors (Lipinski definition) is 2. The Balaban J connectivity index is 2.00. The molecule has 0 spiro atoms. The van der Waals surface area contributed by atoms with Crippen molar-refractivity contribution in [3.05, 3.63) is 53.6 Å². The van der Waals surface area contributed by atoms with E-state index in [-0.39, 0.29) is 31.4 Å². The van der Waals surface area contributed by atoms with Crippen LogP contribution in [0.4, 0.5) is 4.79 Å². The lowest BCUT2D eigenvalue weighted by molar-refractivity contribution is -0.127. The van der Waals surface area contributed by atoms with Crippen LogP contribution in [0, 0.1) is 0 Å². The van der Waals surface area contributed by atoms with E-state index in [4.69, 9.17) is 19.9 Å². The molecule has 0 radical (unpaired) electrons. The van der Waals surface area contributed by atoms with E-state index in [1.165, 1.54) is 29.9 Å². The highest BCUT2D eigenvalue weighted by Crippen LogP contribution is 2.26. The summed E-state index contributed by atoms with van der Waals surface area (Å²) in [5.74, 6) is -0.544. The summed E-state index contributed by atoms with van der Waals surface area (Å²) in [6, 6.07) is 8.20. The van der Waals surface area contributed by atoms with Gasteiger partial charge in [0.15, 0.2) is 6.23 Å². The van der Waals surface area contributed by atoms with Crippen LogP contribution in [0.25, 0.3) is 0 Å². The highest BCUT2D eigenvalue weighted by atomic mass is 16.6. The predicted molar refractivity (Wildman–Crippen MR) is 126 cm³/mol. The number of rotatable bonds is 10. The summed E-state index contributed by atoms with van der Waals surface area (Å²) in [6.45, 7) is 1.91. The number of imidazole rings is 1. The van der Waals surface area contributed by atoms with Crippen molar-refractivity contribution in [2.24, 2.45) is 5.73 Å². The van der Waals surface area contributed by atoms with E-state index in [1.54, 1.807) is 14.0 Å². The molecule has 0 aliphatic carbocycles. The fourth-order valence-electron chi connectivity index (χ4n) is 4.26. The maximum atomic E-state index is 13.9. The molecule has 1 aliphatic rings. The predicted octanol–water partition coefficient (Wildman–Crippen LogP) is 0.683. The summed E-state index contributed by atoms with van der Waals surface area (Å²) in [7, 11) is 4.58. The molecular formula is C24H33N5O6. The number of hydrogen-bond acceptors (Lipinski definition) is 7. The van der Waals surface area contributed by atoms with Gasteiger partial charge in [-0.25, -0.2) is 9.78 Å². The molecule has 1 aromatic carbocycles. The Morgan fingerprint density at radius 3 is 2.43 bits per heavy atom. The summed E-state index contributed by atoms with van der Waals surface area (Å²) in [4.78, 5) is 44.0. The summed E-state index contributed by atoms with van der Waals surface area (Å²) in [6.07, 6.45) is 0.541. The van der Waals surface area contributed by atoms with Crippen LogP contribution in [-0.4, -0.2) is 84.6 Å². The van der Waals surface area contributed by atoms with Gasteiger partial charge in [-0.1, -0.05) is 37.3 Å². The maximum Gasteiger partial charge on any atom is 0.332 e. The zero-order valence-corrected chi connectivity index (χ0v) is 20.5. The minimum atomic E-state index is -0.995. The van der Waals surface area contributed by atoms with Crippen LogP contribution in [0.15, 0.2) is 36.5 Å². The van der Waals surface area contributed by atoms with Gasteiger partial charge in [-0.05, 0) is 5.56 Å². The van der Waals surface area contributed by atoms with E-state index in [0.717, 1.165) is 5.56 Å². The van der Waals surface area contributed by atoms with E-state index in [9.17, 15) is 14.4 Å². The van der Waals surface area contributed by atoms with Crippen molar-refractivity contribution in [2.45, 2.75) is 50.7 Å². The molecule has 11 heteroatoms. The molecule has 190 valence electrons. The second-order valence-corrected chi connectivity index (χ2v) is 8.28. The van der Waals surface area contributed by atoms with Gasteiger partial charge in [0.2, 0.25) is 11.8 Å². The number of nitrogens with zero attached hydrogens (tertiary/aromatic N) is 3. The third-order valence-electron chi connectivity index (χ3n) is 6.11. The van der Waals surface area contributed by atoms with Crippen LogP contribution in [-0.2, 0) is 36.6 Å². The second-order valence-electron chi connectivity index (χ2n) is 8.28. The third kappa shape index (κ3) is 5.87. The molecule has 11 nitrogen and oxygen atoms in total. The number of carbonyl (C=O) groups excluding carboxylic acids is 3. The number of carbonyl (C=O) groups is 3. The number of amides is 3. The Morgan fingerprint density at radius 2 is 1.86 bits per heavy atom. The van der Waals surface area contributed by atoms with Crippen molar-refractivity contribution in [3.8, 4) is 0 Å². The van der Waals surface area contributed by atoms with Gasteiger partial charge in [-0.2, -0.15) is 0 Å². The molecule has 0 saturated carbocycles. The first-order valence-corrected chi connectivity index (χ1v) is 11.4. The number of nitrogens with one attached hydrogen (secondary N) is 1. The van der Waals surface area contributed by atoms with Crippen molar-refractivity contribution in [1.29, 1.82) is 0 Å². The highest BCUT2D eigenvalue weighted by molar-refractivity contribution is 5.87. The molecule has 3 amide bonds. The Labute approximate surface area is 204 Å². The van der Waals surface area contributed by atoms with Gasteiger partial charge in [0.25, 0.3) is 0 Å². The van der Waals surface area contributed by atoms with Gasteiger partial charge in [0.1, 0.15) is 24.1 Å². The minimum absolute atomic E-state index is 0.00149. The molecule has 35 heavy (non-hydrogen) atoms. The van der Waals surface area contributed by atoms with Crippen LogP contribution >= 0.6 is 0 Å². The average molecular weight is 488 g/mol. The Hall–Kier alpha value is -3.28. The van der Waals surface area contributed by atoms with Crippen molar-refractivity contribution in [1.82, 2.24) is 19.8 Å². The van der Waals surface area contributed by atoms with Crippen LogP contribution in [0.5, 0.6) is 0 Å². The van der Waals surface area contributed by atoms with Crippen molar-refractivity contribution < 1.29 is 28.6 Å². The Kier molecular flexibility index (Phi) is 8.96. The first-order chi connectivity index (χ1) is 16.8.